The van der Waals surface area contributed by atoms with Gasteiger partial charge in [0.25, 0.3) is 0 Å². The van der Waals surface area contributed by atoms with Crippen molar-refractivity contribution < 1.29 is 4.79 Å². The van der Waals surface area contributed by atoms with Crippen molar-refractivity contribution >= 4 is 23.4 Å². The molecule has 1 aliphatic rings. The predicted molar refractivity (Wildman–Crippen MR) is 115 cm³/mol. The van der Waals surface area contributed by atoms with Crippen LogP contribution in [0.4, 0.5) is 5.69 Å². The van der Waals surface area contributed by atoms with Crippen LogP contribution in [0.2, 0.25) is 0 Å². The molecule has 1 heterocycles. The van der Waals surface area contributed by atoms with Gasteiger partial charge in [0.15, 0.2) is 0 Å². The molecule has 1 aliphatic carbocycles. The lowest BCUT2D eigenvalue weighted by Gasteiger charge is -2.23. The molecule has 4 heteroatoms. The number of aromatic nitrogens is 1. The van der Waals surface area contributed by atoms with Gasteiger partial charge in [-0.3, -0.25) is 4.79 Å². The van der Waals surface area contributed by atoms with E-state index in [4.69, 9.17) is 0 Å². The van der Waals surface area contributed by atoms with Gasteiger partial charge in [-0.1, -0.05) is 73.1 Å². The number of carbonyl (C=O) groups excluding carboxylic acids is 1. The van der Waals surface area contributed by atoms with E-state index in [1.54, 1.807) is 18.0 Å². The second-order valence-corrected chi connectivity index (χ2v) is 8.26. The van der Waals surface area contributed by atoms with Crippen molar-refractivity contribution in [2.45, 2.75) is 41.5 Å². The van der Waals surface area contributed by atoms with E-state index >= 15 is 0 Å². The SMILES string of the molecule is O=C(Nc1cccnc1Sc1ccccc1)[C@@H](c1ccccc1)C1CCCC1. The third-order valence-electron chi connectivity index (χ3n) is 5.30. The Labute approximate surface area is 170 Å². The number of pyridine rings is 1. The number of benzene rings is 2. The molecule has 1 amide bonds. The zero-order chi connectivity index (χ0) is 19.2. The highest BCUT2D eigenvalue weighted by atomic mass is 32.2. The molecule has 0 spiro atoms. The van der Waals surface area contributed by atoms with Crippen LogP contribution in [-0.4, -0.2) is 10.9 Å². The molecule has 3 nitrogen and oxygen atoms in total. The zero-order valence-corrected chi connectivity index (χ0v) is 16.6. The Balaban J connectivity index is 1.58. The first-order valence-electron chi connectivity index (χ1n) is 9.85. The Morgan fingerprint density at radius 2 is 1.61 bits per heavy atom. The minimum atomic E-state index is -0.113. The summed E-state index contributed by atoms with van der Waals surface area (Å²) in [6, 6.07) is 24.1. The lowest BCUT2D eigenvalue weighted by molar-refractivity contribution is -0.118. The molecule has 0 aliphatic heterocycles. The number of anilines is 1. The topological polar surface area (TPSA) is 42.0 Å². The van der Waals surface area contributed by atoms with Crippen molar-refractivity contribution in [2.75, 3.05) is 5.32 Å². The van der Waals surface area contributed by atoms with E-state index in [0.29, 0.717) is 5.92 Å². The van der Waals surface area contributed by atoms with E-state index in [2.05, 4.69) is 34.6 Å². The minimum Gasteiger partial charge on any atom is -0.323 e. The number of rotatable bonds is 6. The summed E-state index contributed by atoms with van der Waals surface area (Å²) in [5, 5.41) is 4.00. The fraction of sp³-hybridized carbons (Fsp3) is 0.250. The monoisotopic (exact) mass is 388 g/mol. The van der Waals surface area contributed by atoms with Gasteiger partial charge >= 0.3 is 0 Å². The molecule has 1 saturated carbocycles. The van der Waals surface area contributed by atoms with Gasteiger partial charge in [0, 0.05) is 11.1 Å². The molecule has 3 aromatic rings. The fourth-order valence-electron chi connectivity index (χ4n) is 3.97. The minimum absolute atomic E-state index is 0.0704. The Bertz CT molecular complexity index is 908. The van der Waals surface area contributed by atoms with E-state index in [-0.39, 0.29) is 11.8 Å². The van der Waals surface area contributed by atoms with Crippen molar-refractivity contribution in [1.82, 2.24) is 4.98 Å². The van der Waals surface area contributed by atoms with Crippen LogP contribution in [0.15, 0.2) is 88.9 Å². The van der Waals surface area contributed by atoms with Crippen LogP contribution in [0.5, 0.6) is 0 Å². The number of nitrogens with one attached hydrogen (secondary N) is 1. The average Bonchev–Trinajstić information content (AvgIpc) is 3.25. The van der Waals surface area contributed by atoms with Crippen LogP contribution in [0.1, 0.15) is 37.2 Å². The summed E-state index contributed by atoms with van der Waals surface area (Å²) in [6.45, 7) is 0. The fourth-order valence-corrected chi connectivity index (χ4v) is 4.83. The van der Waals surface area contributed by atoms with Gasteiger partial charge in [-0.05, 0) is 48.6 Å². The molecule has 0 bridgehead atoms. The number of amides is 1. The number of hydrogen-bond acceptors (Lipinski definition) is 3. The maximum atomic E-state index is 13.4. The Morgan fingerprint density at radius 1 is 0.929 bits per heavy atom. The van der Waals surface area contributed by atoms with Crippen LogP contribution in [0.3, 0.4) is 0 Å². The Kier molecular flexibility index (Phi) is 6.07. The average molecular weight is 389 g/mol. The summed E-state index contributed by atoms with van der Waals surface area (Å²) >= 11 is 1.57. The van der Waals surface area contributed by atoms with Gasteiger partial charge in [-0.15, -0.1) is 0 Å². The van der Waals surface area contributed by atoms with E-state index < -0.39 is 0 Å². The molecule has 0 unspecified atom stereocenters. The van der Waals surface area contributed by atoms with Crippen molar-refractivity contribution in [3.63, 3.8) is 0 Å². The normalized spacial score (nSPS) is 15.3. The summed E-state index contributed by atoms with van der Waals surface area (Å²) in [7, 11) is 0. The third kappa shape index (κ3) is 4.45. The van der Waals surface area contributed by atoms with Gasteiger partial charge in [0.05, 0.1) is 11.6 Å². The molecule has 2 aromatic carbocycles. The Morgan fingerprint density at radius 3 is 2.32 bits per heavy atom. The van der Waals surface area contributed by atoms with Crippen LogP contribution in [0, 0.1) is 5.92 Å². The highest BCUT2D eigenvalue weighted by Crippen LogP contribution is 2.39. The molecular formula is C24H24N2OS. The van der Waals surface area contributed by atoms with Crippen LogP contribution >= 0.6 is 11.8 Å². The third-order valence-corrected chi connectivity index (χ3v) is 6.33. The summed E-state index contributed by atoms with van der Waals surface area (Å²) < 4.78 is 0. The molecule has 1 atom stereocenters. The van der Waals surface area contributed by atoms with Crippen LogP contribution in [0.25, 0.3) is 0 Å². The molecule has 1 N–H and O–H groups in total. The van der Waals surface area contributed by atoms with Gasteiger partial charge in [-0.25, -0.2) is 4.98 Å². The quantitative estimate of drug-likeness (QED) is 0.551. The maximum absolute atomic E-state index is 13.4. The van der Waals surface area contributed by atoms with Crippen molar-refractivity contribution in [3.05, 3.63) is 84.6 Å². The molecule has 28 heavy (non-hydrogen) atoms. The first-order chi connectivity index (χ1) is 13.8. The summed E-state index contributed by atoms with van der Waals surface area (Å²) in [5.41, 5.74) is 1.88. The van der Waals surface area contributed by atoms with Crippen LogP contribution < -0.4 is 5.32 Å². The van der Waals surface area contributed by atoms with E-state index in [1.807, 2.05) is 48.5 Å². The summed E-state index contributed by atoms with van der Waals surface area (Å²) in [4.78, 5) is 19.0. The highest BCUT2D eigenvalue weighted by Gasteiger charge is 2.32. The van der Waals surface area contributed by atoms with Crippen LogP contribution in [-0.2, 0) is 4.79 Å². The number of nitrogens with zero attached hydrogens (tertiary/aromatic N) is 1. The molecule has 1 aromatic heterocycles. The number of hydrogen-bond donors (Lipinski definition) is 1. The molecule has 0 radical (unpaired) electrons. The van der Waals surface area contributed by atoms with Gasteiger partial charge < -0.3 is 5.32 Å². The first-order valence-corrected chi connectivity index (χ1v) is 10.7. The molecule has 1 fully saturated rings. The largest absolute Gasteiger partial charge is 0.323 e. The molecule has 142 valence electrons. The lowest BCUT2D eigenvalue weighted by atomic mass is 9.84. The zero-order valence-electron chi connectivity index (χ0n) is 15.8. The van der Waals surface area contributed by atoms with E-state index in [9.17, 15) is 4.79 Å². The van der Waals surface area contributed by atoms with Crippen molar-refractivity contribution in [2.24, 2.45) is 5.92 Å². The van der Waals surface area contributed by atoms with Crippen molar-refractivity contribution in [1.29, 1.82) is 0 Å². The van der Waals surface area contributed by atoms with Gasteiger partial charge in [0.1, 0.15) is 5.03 Å². The maximum Gasteiger partial charge on any atom is 0.232 e. The second-order valence-electron chi connectivity index (χ2n) is 7.19. The van der Waals surface area contributed by atoms with Gasteiger partial charge in [-0.2, -0.15) is 0 Å². The lowest BCUT2D eigenvalue weighted by Crippen LogP contribution is -2.26. The van der Waals surface area contributed by atoms with Crippen molar-refractivity contribution in [3.8, 4) is 0 Å². The number of carbonyl (C=O) groups is 1. The first kappa shape index (κ1) is 18.8. The highest BCUT2D eigenvalue weighted by molar-refractivity contribution is 7.99. The smallest absolute Gasteiger partial charge is 0.232 e. The van der Waals surface area contributed by atoms with E-state index in [1.165, 1.54) is 12.8 Å². The molecule has 0 saturated heterocycles. The van der Waals surface area contributed by atoms with E-state index in [0.717, 1.165) is 34.0 Å². The summed E-state index contributed by atoms with van der Waals surface area (Å²) in [6.07, 6.45) is 6.43. The van der Waals surface area contributed by atoms with Gasteiger partial charge in [0.2, 0.25) is 5.91 Å². The Hall–Kier alpha value is -2.59. The standard InChI is InChI=1S/C24H24N2OS/c27-23(22(19-12-7-8-13-19)18-10-3-1-4-11-18)26-21-16-9-17-25-24(21)28-20-14-5-2-6-15-20/h1-6,9-11,14-17,19,22H,7-8,12-13H2,(H,26,27)/t22-/m0/s1. The second kappa shape index (κ2) is 9.07. The predicted octanol–water partition coefficient (Wildman–Crippen LogP) is 6.15. The molecule has 4 rings (SSSR count). The molecular weight excluding hydrogens is 364 g/mol. The summed E-state index contributed by atoms with van der Waals surface area (Å²) in [5.74, 6) is 0.365.